The summed E-state index contributed by atoms with van der Waals surface area (Å²) in [5.74, 6) is -1.84. The maximum atomic E-state index is 12.6. The molecule has 29 heavy (non-hydrogen) atoms. The molecular weight excluding hydrogens is 398 g/mol. The second-order valence-corrected chi connectivity index (χ2v) is 6.71. The van der Waals surface area contributed by atoms with Gasteiger partial charge in [0.1, 0.15) is 0 Å². The first-order valence-electron chi connectivity index (χ1n) is 8.83. The van der Waals surface area contributed by atoms with Crippen LogP contribution in [-0.2, 0) is 9.53 Å². The van der Waals surface area contributed by atoms with Gasteiger partial charge in [-0.1, -0.05) is 23.7 Å². The smallest absolute Gasteiger partial charge is 0.341 e. The first kappa shape index (κ1) is 20.3. The summed E-state index contributed by atoms with van der Waals surface area (Å²) in [6.45, 7) is 1.96. The predicted molar refractivity (Wildman–Crippen MR) is 106 cm³/mol. The van der Waals surface area contributed by atoms with Gasteiger partial charge in [-0.15, -0.1) is 0 Å². The van der Waals surface area contributed by atoms with E-state index in [1.54, 1.807) is 42.5 Å². The zero-order valence-electron chi connectivity index (χ0n) is 15.5. The number of anilines is 1. The van der Waals surface area contributed by atoms with Crippen LogP contribution in [0.1, 0.15) is 27.6 Å². The first-order valence-corrected chi connectivity index (χ1v) is 9.21. The maximum Gasteiger partial charge on any atom is 0.341 e. The lowest BCUT2D eigenvalue weighted by atomic mass is 10.1. The Labute approximate surface area is 171 Å². The van der Waals surface area contributed by atoms with Crippen molar-refractivity contribution in [3.63, 3.8) is 0 Å². The number of carbonyl (C=O) groups is 4. The Morgan fingerprint density at radius 1 is 1.14 bits per heavy atom. The van der Waals surface area contributed by atoms with Crippen LogP contribution >= 0.6 is 11.6 Å². The van der Waals surface area contributed by atoms with Gasteiger partial charge in [0.05, 0.1) is 11.3 Å². The zero-order chi connectivity index (χ0) is 21.0. The molecule has 1 heterocycles. The predicted octanol–water partition coefficient (Wildman–Crippen LogP) is 2.69. The Balaban J connectivity index is 1.71. The summed E-state index contributed by atoms with van der Waals surface area (Å²) in [5, 5.41) is 5.66. The van der Waals surface area contributed by atoms with Crippen molar-refractivity contribution in [1.29, 1.82) is 0 Å². The van der Waals surface area contributed by atoms with Crippen molar-refractivity contribution in [2.75, 3.05) is 18.4 Å². The SMILES string of the molecule is C[C@@H](OC(=O)c1ccccc1NC(=O)c1ccc(Cl)cc1)C(=O)N1CCNC1=O. The van der Waals surface area contributed by atoms with Crippen LogP contribution in [-0.4, -0.2) is 47.9 Å². The van der Waals surface area contributed by atoms with Crippen molar-refractivity contribution in [3.05, 3.63) is 64.7 Å². The lowest BCUT2D eigenvalue weighted by molar-refractivity contribution is -0.136. The number of nitrogens with one attached hydrogen (secondary N) is 2. The van der Waals surface area contributed by atoms with Crippen molar-refractivity contribution < 1.29 is 23.9 Å². The third-order valence-electron chi connectivity index (χ3n) is 4.26. The molecule has 1 aliphatic rings. The number of benzene rings is 2. The number of ether oxygens (including phenoxy) is 1. The molecule has 1 atom stereocenters. The minimum absolute atomic E-state index is 0.0836. The normalized spacial score (nSPS) is 14.1. The van der Waals surface area contributed by atoms with Gasteiger partial charge in [-0.25, -0.2) is 9.59 Å². The van der Waals surface area contributed by atoms with E-state index >= 15 is 0 Å². The van der Waals surface area contributed by atoms with E-state index in [9.17, 15) is 19.2 Å². The lowest BCUT2D eigenvalue weighted by Crippen LogP contribution is -2.41. The monoisotopic (exact) mass is 415 g/mol. The van der Waals surface area contributed by atoms with Crippen molar-refractivity contribution in [2.45, 2.75) is 13.0 Å². The number of nitrogens with zero attached hydrogens (tertiary/aromatic N) is 1. The summed E-state index contributed by atoms with van der Waals surface area (Å²) in [7, 11) is 0. The molecule has 1 fully saturated rings. The summed E-state index contributed by atoms with van der Waals surface area (Å²) < 4.78 is 5.22. The van der Waals surface area contributed by atoms with Gasteiger partial charge >= 0.3 is 12.0 Å². The fourth-order valence-corrected chi connectivity index (χ4v) is 2.87. The van der Waals surface area contributed by atoms with E-state index in [4.69, 9.17) is 16.3 Å². The number of carbonyl (C=O) groups excluding carboxylic acids is 4. The molecule has 1 saturated heterocycles. The quantitative estimate of drug-likeness (QED) is 0.730. The molecule has 3 rings (SSSR count). The zero-order valence-corrected chi connectivity index (χ0v) is 16.2. The molecule has 1 aliphatic heterocycles. The van der Waals surface area contributed by atoms with Gasteiger partial charge < -0.3 is 15.4 Å². The summed E-state index contributed by atoms with van der Waals surface area (Å²) in [4.78, 5) is 49.9. The van der Waals surface area contributed by atoms with Crippen LogP contribution in [0.2, 0.25) is 5.02 Å². The second-order valence-electron chi connectivity index (χ2n) is 6.28. The highest BCUT2D eigenvalue weighted by Gasteiger charge is 2.32. The summed E-state index contributed by atoms with van der Waals surface area (Å²) in [5.41, 5.74) is 0.678. The van der Waals surface area contributed by atoms with Crippen LogP contribution in [0.5, 0.6) is 0 Å². The first-order chi connectivity index (χ1) is 13.9. The van der Waals surface area contributed by atoms with Gasteiger partial charge in [-0.2, -0.15) is 0 Å². The maximum absolute atomic E-state index is 12.6. The number of urea groups is 1. The lowest BCUT2D eigenvalue weighted by Gasteiger charge is -2.19. The van der Waals surface area contributed by atoms with Gasteiger partial charge in [0.15, 0.2) is 6.10 Å². The van der Waals surface area contributed by atoms with Crippen LogP contribution in [0.15, 0.2) is 48.5 Å². The van der Waals surface area contributed by atoms with E-state index < -0.39 is 29.9 Å². The van der Waals surface area contributed by atoms with Gasteiger partial charge in [0, 0.05) is 23.7 Å². The minimum atomic E-state index is -1.16. The van der Waals surface area contributed by atoms with Crippen LogP contribution in [0, 0.1) is 0 Å². The van der Waals surface area contributed by atoms with Crippen LogP contribution in [0.25, 0.3) is 0 Å². The van der Waals surface area contributed by atoms with Gasteiger partial charge in [0.2, 0.25) is 0 Å². The molecule has 9 heteroatoms. The van der Waals surface area contributed by atoms with Crippen LogP contribution in [0.3, 0.4) is 0 Å². The van der Waals surface area contributed by atoms with E-state index in [1.165, 1.54) is 13.0 Å². The van der Waals surface area contributed by atoms with E-state index in [1.807, 2.05) is 0 Å². The van der Waals surface area contributed by atoms with Gasteiger partial charge in [-0.05, 0) is 43.3 Å². The average Bonchev–Trinajstić information content (AvgIpc) is 3.14. The van der Waals surface area contributed by atoms with Gasteiger partial charge in [0.25, 0.3) is 11.8 Å². The van der Waals surface area contributed by atoms with Crippen molar-refractivity contribution in [2.24, 2.45) is 0 Å². The molecule has 0 aromatic heterocycles. The number of amides is 4. The standard InChI is InChI=1S/C20H18ClN3O5/c1-12(18(26)24-11-10-22-20(24)28)29-19(27)15-4-2-3-5-16(15)23-17(25)13-6-8-14(21)9-7-13/h2-9,12H,10-11H2,1H3,(H,22,28)(H,23,25)/t12-/m1/s1. The highest BCUT2D eigenvalue weighted by Crippen LogP contribution is 2.19. The molecule has 8 nitrogen and oxygen atoms in total. The number of halogens is 1. The van der Waals surface area contributed by atoms with Crippen molar-refractivity contribution >= 4 is 41.1 Å². The van der Waals surface area contributed by atoms with Crippen molar-refractivity contribution in [3.8, 4) is 0 Å². The molecule has 0 saturated carbocycles. The Kier molecular flexibility index (Phi) is 6.13. The molecule has 2 N–H and O–H groups in total. The third-order valence-corrected chi connectivity index (χ3v) is 4.51. The molecular formula is C20H18ClN3O5. The Morgan fingerprint density at radius 3 is 2.48 bits per heavy atom. The van der Waals surface area contributed by atoms with Gasteiger partial charge in [-0.3, -0.25) is 14.5 Å². The van der Waals surface area contributed by atoms with E-state index in [0.29, 0.717) is 17.1 Å². The largest absolute Gasteiger partial charge is 0.449 e. The molecule has 2 aromatic rings. The summed E-state index contributed by atoms with van der Waals surface area (Å²) >= 11 is 5.82. The Hall–Kier alpha value is -3.39. The molecule has 0 spiro atoms. The summed E-state index contributed by atoms with van der Waals surface area (Å²) in [6, 6.07) is 12.0. The molecule has 0 bridgehead atoms. The van der Waals surface area contributed by atoms with E-state index in [2.05, 4.69) is 10.6 Å². The highest BCUT2D eigenvalue weighted by atomic mass is 35.5. The number of imide groups is 1. The fourth-order valence-electron chi connectivity index (χ4n) is 2.74. The number of para-hydroxylation sites is 1. The molecule has 150 valence electrons. The van der Waals surface area contributed by atoms with E-state index in [0.717, 1.165) is 4.90 Å². The number of esters is 1. The number of hydrogen-bond donors (Lipinski definition) is 2. The highest BCUT2D eigenvalue weighted by molar-refractivity contribution is 6.30. The average molecular weight is 416 g/mol. The topological polar surface area (TPSA) is 105 Å². The van der Waals surface area contributed by atoms with Crippen LogP contribution in [0.4, 0.5) is 10.5 Å². The molecule has 2 aromatic carbocycles. The summed E-state index contributed by atoms with van der Waals surface area (Å²) in [6.07, 6.45) is -1.16. The van der Waals surface area contributed by atoms with Crippen molar-refractivity contribution in [1.82, 2.24) is 10.2 Å². The second kappa shape index (κ2) is 8.74. The number of hydrogen-bond acceptors (Lipinski definition) is 5. The van der Waals surface area contributed by atoms with E-state index in [-0.39, 0.29) is 17.8 Å². The number of rotatable bonds is 5. The molecule has 0 aliphatic carbocycles. The minimum Gasteiger partial charge on any atom is -0.449 e. The Morgan fingerprint density at radius 2 is 1.83 bits per heavy atom. The Bertz CT molecular complexity index is 961. The molecule has 0 radical (unpaired) electrons. The third kappa shape index (κ3) is 4.72. The molecule has 4 amide bonds. The fraction of sp³-hybridized carbons (Fsp3) is 0.200. The van der Waals surface area contributed by atoms with Crippen LogP contribution < -0.4 is 10.6 Å². The molecule has 0 unspecified atom stereocenters.